The number of piperazine rings is 1. The Hall–Kier alpha value is -0.120. The smallest absolute Gasteiger partial charge is 0.0218 e. The van der Waals surface area contributed by atoms with Gasteiger partial charge in [-0.05, 0) is 44.6 Å². The molecule has 0 bridgehead atoms. The van der Waals surface area contributed by atoms with E-state index < -0.39 is 0 Å². The molecule has 1 aliphatic heterocycles. The number of hydrogen-bond donors (Lipinski definition) is 1. The van der Waals surface area contributed by atoms with Crippen molar-refractivity contribution >= 4 is 0 Å². The third-order valence-corrected chi connectivity index (χ3v) is 5.90. The molecule has 2 aliphatic carbocycles. The third-order valence-electron chi connectivity index (χ3n) is 5.90. The van der Waals surface area contributed by atoms with Crippen LogP contribution in [0.25, 0.3) is 0 Å². The van der Waals surface area contributed by atoms with Gasteiger partial charge in [-0.25, -0.2) is 0 Å². The van der Waals surface area contributed by atoms with Crippen LogP contribution >= 0.6 is 0 Å². The molecule has 3 aliphatic rings. The van der Waals surface area contributed by atoms with Crippen molar-refractivity contribution in [2.45, 2.75) is 64.0 Å². The minimum Gasteiger partial charge on any atom is -0.313 e. The van der Waals surface area contributed by atoms with E-state index in [-0.39, 0.29) is 0 Å². The summed E-state index contributed by atoms with van der Waals surface area (Å²) in [4.78, 5) is 5.33. The topological polar surface area (TPSA) is 18.5 Å². The molecule has 1 saturated heterocycles. The second kappa shape index (κ2) is 6.33. The van der Waals surface area contributed by atoms with Crippen molar-refractivity contribution < 1.29 is 0 Å². The van der Waals surface area contributed by atoms with Gasteiger partial charge in [-0.2, -0.15) is 0 Å². The Bertz CT molecular complexity index is 307. The van der Waals surface area contributed by atoms with Gasteiger partial charge in [0.05, 0.1) is 0 Å². The van der Waals surface area contributed by atoms with E-state index in [9.17, 15) is 0 Å². The Morgan fingerprint density at radius 3 is 2.55 bits per heavy atom. The maximum Gasteiger partial charge on any atom is 0.0218 e. The van der Waals surface area contributed by atoms with Crippen molar-refractivity contribution in [2.24, 2.45) is 5.41 Å². The summed E-state index contributed by atoms with van der Waals surface area (Å²) in [6, 6.07) is 1.64. The molecule has 116 valence electrons. The van der Waals surface area contributed by atoms with Crippen LogP contribution in [0.15, 0.2) is 0 Å². The summed E-state index contributed by atoms with van der Waals surface area (Å²) in [5, 5.41) is 3.83. The fourth-order valence-electron chi connectivity index (χ4n) is 4.23. The maximum atomic E-state index is 3.83. The van der Waals surface area contributed by atoms with E-state index in [0.29, 0.717) is 5.41 Å². The molecule has 0 aromatic rings. The van der Waals surface area contributed by atoms with Crippen LogP contribution in [0.5, 0.6) is 0 Å². The fraction of sp³-hybridized carbons (Fsp3) is 1.00. The molecule has 1 atom stereocenters. The summed E-state index contributed by atoms with van der Waals surface area (Å²) >= 11 is 0. The van der Waals surface area contributed by atoms with E-state index >= 15 is 0 Å². The van der Waals surface area contributed by atoms with E-state index in [1.54, 1.807) is 0 Å². The minimum absolute atomic E-state index is 0.594. The molecular formula is C17H33N3. The predicted octanol–water partition coefficient (Wildman–Crippen LogP) is 2.32. The first-order chi connectivity index (χ1) is 9.71. The van der Waals surface area contributed by atoms with E-state index in [4.69, 9.17) is 0 Å². The van der Waals surface area contributed by atoms with Gasteiger partial charge in [0.25, 0.3) is 0 Å². The molecule has 1 unspecified atom stereocenters. The van der Waals surface area contributed by atoms with Crippen LogP contribution in [0.4, 0.5) is 0 Å². The van der Waals surface area contributed by atoms with Crippen LogP contribution in [0.3, 0.4) is 0 Å². The van der Waals surface area contributed by atoms with E-state index in [1.165, 1.54) is 77.7 Å². The standard InChI is InChI=1S/C17H33N3/c1-3-16-12-20(11-10-19(16)2)14-17(8-4-5-9-17)13-18-15-6-7-15/h15-16,18H,3-14H2,1-2H3. The largest absolute Gasteiger partial charge is 0.313 e. The van der Waals surface area contributed by atoms with Gasteiger partial charge < -0.3 is 10.2 Å². The van der Waals surface area contributed by atoms with E-state index in [1.807, 2.05) is 0 Å². The van der Waals surface area contributed by atoms with Crippen molar-refractivity contribution in [1.29, 1.82) is 0 Å². The zero-order valence-electron chi connectivity index (χ0n) is 13.5. The minimum atomic E-state index is 0.594. The zero-order valence-corrected chi connectivity index (χ0v) is 13.5. The van der Waals surface area contributed by atoms with Gasteiger partial charge in [0.1, 0.15) is 0 Å². The second-order valence-corrected chi connectivity index (χ2v) is 7.64. The molecule has 0 aromatic heterocycles. The molecule has 0 spiro atoms. The Morgan fingerprint density at radius 2 is 1.90 bits per heavy atom. The van der Waals surface area contributed by atoms with Crippen LogP contribution in [-0.4, -0.2) is 61.7 Å². The Balaban J connectivity index is 1.55. The van der Waals surface area contributed by atoms with Gasteiger partial charge in [-0.1, -0.05) is 19.8 Å². The van der Waals surface area contributed by atoms with Gasteiger partial charge >= 0.3 is 0 Å². The molecule has 0 radical (unpaired) electrons. The van der Waals surface area contributed by atoms with E-state index in [2.05, 4.69) is 29.1 Å². The molecule has 1 N–H and O–H groups in total. The van der Waals surface area contributed by atoms with Crippen LogP contribution in [0.2, 0.25) is 0 Å². The Kier molecular flexibility index (Phi) is 4.68. The molecule has 3 heteroatoms. The summed E-state index contributed by atoms with van der Waals surface area (Å²) in [7, 11) is 2.30. The Labute approximate surface area is 125 Å². The lowest BCUT2D eigenvalue weighted by Crippen LogP contribution is -2.54. The van der Waals surface area contributed by atoms with Crippen molar-refractivity contribution in [3.05, 3.63) is 0 Å². The van der Waals surface area contributed by atoms with Gasteiger partial charge in [-0.15, -0.1) is 0 Å². The maximum absolute atomic E-state index is 3.83. The lowest BCUT2D eigenvalue weighted by Gasteiger charge is -2.43. The van der Waals surface area contributed by atoms with Crippen molar-refractivity contribution in [3.63, 3.8) is 0 Å². The molecule has 3 rings (SSSR count). The zero-order chi connectivity index (χ0) is 14.0. The first kappa shape index (κ1) is 14.8. The predicted molar refractivity (Wildman–Crippen MR) is 85.1 cm³/mol. The highest BCUT2D eigenvalue weighted by atomic mass is 15.3. The molecule has 2 saturated carbocycles. The fourth-order valence-corrected chi connectivity index (χ4v) is 4.23. The number of likely N-dealkylation sites (N-methyl/N-ethyl adjacent to an activating group) is 1. The first-order valence-electron chi connectivity index (χ1n) is 8.87. The molecule has 0 aromatic carbocycles. The first-order valence-corrected chi connectivity index (χ1v) is 8.87. The monoisotopic (exact) mass is 279 g/mol. The molecule has 0 amide bonds. The second-order valence-electron chi connectivity index (χ2n) is 7.64. The average Bonchev–Trinajstić information content (AvgIpc) is 3.19. The van der Waals surface area contributed by atoms with Gasteiger partial charge in [0.15, 0.2) is 0 Å². The van der Waals surface area contributed by atoms with Crippen molar-refractivity contribution in [1.82, 2.24) is 15.1 Å². The normalized spacial score (nSPS) is 31.8. The SMILES string of the molecule is CCC1CN(CC2(CNC3CC3)CCCC2)CCN1C. The number of rotatable bonds is 6. The number of hydrogen-bond acceptors (Lipinski definition) is 3. The molecule has 3 fully saturated rings. The van der Waals surface area contributed by atoms with Gasteiger partial charge in [-0.3, -0.25) is 4.90 Å². The van der Waals surface area contributed by atoms with Crippen LogP contribution < -0.4 is 5.32 Å². The van der Waals surface area contributed by atoms with Gasteiger partial charge in [0, 0.05) is 44.8 Å². The summed E-state index contributed by atoms with van der Waals surface area (Å²) < 4.78 is 0. The lowest BCUT2D eigenvalue weighted by molar-refractivity contribution is 0.0572. The number of nitrogens with one attached hydrogen (secondary N) is 1. The molecule has 20 heavy (non-hydrogen) atoms. The quantitative estimate of drug-likeness (QED) is 0.805. The van der Waals surface area contributed by atoms with Crippen molar-refractivity contribution in [2.75, 3.05) is 39.8 Å². The Morgan fingerprint density at radius 1 is 1.15 bits per heavy atom. The molecular weight excluding hydrogens is 246 g/mol. The summed E-state index contributed by atoms with van der Waals surface area (Å²) in [5.74, 6) is 0. The third kappa shape index (κ3) is 3.55. The van der Waals surface area contributed by atoms with Crippen LogP contribution in [0, 0.1) is 5.41 Å². The highest BCUT2D eigenvalue weighted by Crippen LogP contribution is 2.39. The lowest BCUT2D eigenvalue weighted by atomic mass is 9.85. The summed E-state index contributed by atoms with van der Waals surface area (Å²) in [6.07, 6.45) is 9.95. The van der Waals surface area contributed by atoms with E-state index in [0.717, 1.165) is 12.1 Å². The van der Waals surface area contributed by atoms with Gasteiger partial charge in [0.2, 0.25) is 0 Å². The average molecular weight is 279 g/mol. The summed E-state index contributed by atoms with van der Waals surface area (Å²) in [6.45, 7) is 8.78. The van der Waals surface area contributed by atoms with Crippen molar-refractivity contribution in [3.8, 4) is 0 Å². The highest BCUT2D eigenvalue weighted by Gasteiger charge is 2.38. The van der Waals surface area contributed by atoms with Crippen LogP contribution in [-0.2, 0) is 0 Å². The summed E-state index contributed by atoms with van der Waals surface area (Å²) in [5.41, 5.74) is 0.594. The molecule has 3 nitrogen and oxygen atoms in total. The molecule has 1 heterocycles. The number of nitrogens with zero attached hydrogens (tertiary/aromatic N) is 2. The highest BCUT2D eigenvalue weighted by molar-refractivity contribution is 4.94. The van der Waals surface area contributed by atoms with Crippen LogP contribution in [0.1, 0.15) is 51.9 Å².